The summed E-state index contributed by atoms with van der Waals surface area (Å²) >= 11 is 0. The molecule has 1 aliphatic rings. The molecular formula is C44H31N3. The molecule has 0 saturated heterocycles. The number of hydrogen-bond donors (Lipinski definition) is 0. The maximum atomic E-state index is 9.50. The molecule has 47 heavy (non-hydrogen) atoms. The summed E-state index contributed by atoms with van der Waals surface area (Å²) in [6, 6.07) is 55.0. The standard InChI is InChI=1S/C44H31N3/c1-44(2)39-23-21-35(26-38(39)37-22-16-29(28-45)24-40(37)44)31-17-19-33(20-18-31)42-27-41(32-12-7-4-8-13-32)46-43(47-42)36-15-9-14-34(25-36)30-10-5-3-6-11-30/h3-27H,1-2H3. The van der Waals surface area contributed by atoms with E-state index >= 15 is 0 Å². The average molecular weight is 602 g/mol. The van der Waals surface area contributed by atoms with Gasteiger partial charge in [0, 0.05) is 22.1 Å². The molecule has 0 radical (unpaired) electrons. The summed E-state index contributed by atoms with van der Waals surface area (Å²) in [5.74, 6) is 0.697. The normalized spacial score (nSPS) is 12.6. The second-order valence-corrected chi connectivity index (χ2v) is 12.6. The Morgan fingerprint density at radius 1 is 0.447 bits per heavy atom. The summed E-state index contributed by atoms with van der Waals surface area (Å²) in [4.78, 5) is 10.1. The SMILES string of the molecule is CC1(C)c2ccc(-c3ccc(-c4cc(-c5ccccc5)nc(-c5cccc(-c6ccccc6)c5)n4)cc3)cc2-c2ccc(C#N)cc21. The van der Waals surface area contributed by atoms with Crippen molar-refractivity contribution in [1.29, 1.82) is 5.26 Å². The van der Waals surface area contributed by atoms with E-state index < -0.39 is 0 Å². The fraction of sp³-hybridized carbons (Fsp3) is 0.0682. The molecular weight excluding hydrogens is 571 g/mol. The van der Waals surface area contributed by atoms with Crippen LogP contribution in [0.2, 0.25) is 0 Å². The van der Waals surface area contributed by atoms with Gasteiger partial charge in [-0.3, -0.25) is 0 Å². The molecule has 3 heteroatoms. The van der Waals surface area contributed by atoms with Crippen molar-refractivity contribution >= 4 is 0 Å². The van der Waals surface area contributed by atoms with Gasteiger partial charge in [0.25, 0.3) is 0 Å². The van der Waals surface area contributed by atoms with E-state index in [0.29, 0.717) is 11.4 Å². The van der Waals surface area contributed by atoms with Crippen LogP contribution >= 0.6 is 0 Å². The summed E-state index contributed by atoms with van der Waals surface area (Å²) < 4.78 is 0. The van der Waals surface area contributed by atoms with Gasteiger partial charge in [0.05, 0.1) is 23.0 Å². The largest absolute Gasteiger partial charge is 0.228 e. The van der Waals surface area contributed by atoms with Crippen molar-refractivity contribution < 1.29 is 0 Å². The van der Waals surface area contributed by atoms with Crippen molar-refractivity contribution in [2.75, 3.05) is 0 Å². The summed E-state index contributed by atoms with van der Waals surface area (Å²) in [6.45, 7) is 4.48. The van der Waals surface area contributed by atoms with Gasteiger partial charge < -0.3 is 0 Å². The van der Waals surface area contributed by atoms with Crippen LogP contribution in [0.1, 0.15) is 30.5 Å². The third kappa shape index (κ3) is 5.11. The van der Waals surface area contributed by atoms with Gasteiger partial charge in [-0.05, 0) is 74.8 Å². The lowest BCUT2D eigenvalue weighted by atomic mass is 9.81. The highest BCUT2D eigenvalue weighted by Crippen LogP contribution is 2.50. The van der Waals surface area contributed by atoms with E-state index in [0.717, 1.165) is 50.3 Å². The van der Waals surface area contributed by atoms with Crippen LogP contribution in [0.3, 0.4) is 0 Å². The van der Waals surface area contributed by atoms with Crippen molar-refractivity contribution in [3.05, 3.63) is 168 Å². The lowest BCUT2D eigenvalue weighted by Crippen LogP contribution is -2.15. The maximum absolute atomic E-state index is 9.50. The zero-order valence-corrected chi connectivity index (χ0v) is 26.3. The van der Waals surface area contributed by atoms with Crippen LogP contribution in [-0.2, 0) is 5.41 Å². The highest BCUT2D eigenvalue weighted by Gasteiger charge is 2.35. The Balaban J connectivity index is 1.18. The van der Waals surface area contributed by atoms with Gasteiger partial charge in [-0.1, -0.05) is 135 Å². The Hall–Kier alpha value is -6.11. The smallest absolute Gasteiger partial charge is 0.160 e. The summed E-state index contributed by atoms with van der Waals surface area (Å²) in [6.07, 6.45) is 0. The van der Waals surface area contributed by atoms with E-state index in [1.165, 1.54) is 22.3 Å². The molecule has 0 unspecified atom stereocenters. The third-order valence-corrected chi connectivity index (χ3v) is 9.34. The molecule has 0 amide bonds. The first kappa shape index (κ1) is 28.4. The fourth-order valence-corrected chi connectivity index (χ4v) is 6.79. The zero-order chi connectivity index (χ0) is 32.0. The molecule has 1 aliphatic carbocycles. The molecule has 0 spiro atoms. The molecule has 0 N–H and O–H groups in total. The van der Waals surface area contributed by atoms with E-state index in [1.54, 1.807) is 0 Å². The molecule has 3 nitrogen and oxygen atoms in total. The number of fused-ring (bicyclic) bond motifs is 3. The predicted molar refractivity (Wildman–Crippen MR) is 191 cm³/mol. The van der Waals surface area contributed by atoms with Crippen LogP contribution in [-0.4, -0.2) is 9.97 Å². The molecule has 222 valence electrons. The van der Waals surface area contributed by atoms with Gasteiger partial charge in [-0.2, -0.15) is 5.26 Å². The van der Waals surface area contributed by atoms with Crippen molar-refractivity contribution in [1.82, 2.24) is 9.97 Å². The first-order valence-electron chi connectivity index (χ1n) is 15.9. The average Bonchev–Trinajstić information content (AvgIpc) is 3.37. The zero-order valence-electron chi connectivity index (χ0n) is 26.3. The van der Waals surface area contributed by atoms with Crippen molar-refractivity contribution in [3.8, 4) is 73.4 Å². The predicted octanol–water partition coefficient (Wildman–Crippen LogP) is 11.0. The van der Waals surface area contributed by atoms with E-state index in [-0.39, 0.29) is 5.41 Å². The molecule has 6 aromatic carbocycles. The lowest BCUT2D eigenvalue weighted by molar-refractivity contribution is 0.660. The second-order valence-electron chi connectivity index (χ2n) is 12.6. The van der Waals surface area contributed by atoms with Crippen LogP contribution < -0.4 is 0 Å². The molecule has 1 aromatic heterocycles. The van der Waals surface area contributed by atoms with Crippen molar-refractivity contribution in [2.45, 2.75) is 19.3 Å². The Morgan fingerprint density at radius 3 is 1.70 bits per heavy atom. The Morgan fingerprint density at radius 2 is 1.00 bits per heavy atom. The minimum absolute atomic E-state index is 0.151. The number of aromatic nitrogens is 2. The Labute approximate surface area is 275 Å². The van der Waals surface area contributed by atoms with Crippen molar-refractivity contribution in [2.24, 2.45) is 0 Å². The summed E-state index contributed by atoms with van der Waals surface area (Å²) in [5, 5.41) is 9.50. The third-order valence-electron chi connectivity index (χ3n) is 9.34. The number of hydrogen-bond acceptors (Lipinski definition) is 3. The fourth-order valence-electron chi connectivity index (χ4n) is 6.79. The topological polar surface area (TPSA) is 49.6 Å². The molecule has 0 saturated carbocycles. The van der Waals surface area contributed by atoms with Gasteiger partial charge >= 0.3 is 0 Å². The van der Waals surface area contributed by atoms with Gasteiger partial charge in [0.1, 0.15) is 0 Å². The maximum Gasteiger partial charge on any atom is 0.160 e. The summed E-state index contributed by atoms with van der Waals surface area (Å²) in [5.41, 5.74) is 14.9. The molecule has 0 atom stereocenters. The second kappa shape index (κ2) is 11.4. The lowest BCUT2D eigenvalue weighted by Gasteiger charge is -2.21. The van der Waals surface area contributed by atoms with Crippen LogP contribution in [0.4, 0.5) is 0 Å². The Bertz CT molecular complexity index is 2310. The van der Waals surface area contributed by atoms with Gasteiger partial charge in [0.2, 0.25) is 0 Å². The van der Waals surface area contributed by atoms with Crippen LogP contribution in [0.15, 0.2) is 152 Å². The number of nitriles is 1. The monoisotopic (exact) mass is 601 g/mol. The van der Waals surface area contributed by atoms with Gasteiger partial charge in [0.15, 0.2) is 5.82 Å². The van der Waals surface area contributed by atoms with Crippen molar-refractivity contribution in [3.63, 3.8) is 0 Å². The van der Waals surface area contributed by atoms with E-state index in [9.17, 15) is 5.26 Å². The molecule has 7 aromatic rings. The van der Waals surface area contributed by atoms with Crippen LogP contribution in [0, 0.1) is 11.3 Å². The van der Waals surface area contributed by atoms with Crippen LogP contribution in [0.5, 0.6) is 0 Å². The van der Waals surface area contributed by atoms with Crippen LogP contribution in [0.25, 0.3) is 67.3 Å². The quantitative estimate of drug-likeness (QED) is 0.197. The summed E-state index contributed by atoms with van der Waals surface area (Å²) in [7, 11) is 0. The highest BCUT2D eigenvalue weighted by molar-refractivity contribution is 5.85. The van der Waals surface area contributed by atoms with E-state index in [4.69, 9.17) is 9.97 Å². The molecule has 0 aliphatic heterocycles. The Kier molecular flexibility index (Phi) is 6.85. The molecule has 8 rings (SSSR count). The number of nitrogens with zero attached hydrogens (tertiary/aromatic N) is 3. The highest BCUT2D eigenvalue weighted by atomic mass is 14.9. The van der Waals surface area contributed by atoms with Gasteiger partial charge in [-0.25, -0.2) is 9.97 Å². The van der Waals surface area contributed by atoms with Gasteiger partial charge in [-0.15, -0.1) is 0 Å². The number of rotatable bonds is 5. The minimum atomic E-state index is -0.151. The van der Waals surface area contributed by atoms with E-state index in [1.807, 2.05) is 36.4 Å². The molecule has 0 fully saturated rings. The minimum Gasteiger partial charge on any atom is -0.228 e. The van der Waals surface area contributed by atoms with E-state index in [2.05, 4.69) is 135 Å². The molecule has 1 heterocycles. The molecule has 0 bridgehead atoms. The first-order valence-corrected chi connectivity index (χ1v) is 15.9. The first-order chi connectivity index (χ1) is 23.0. The number of benzene rings is 6.